The van der Waals surface area contributed by atoms with Crippen LogP contribution in [0.5, 0.6) is 11.5 Å². The molecule has 0 saturated carbocycles. The van der Waals surface area contributed by atoms with Crippen LogP contribution < -0.4 is 10.1 Å². The lowest BCUT2D eigenvalue weighted by molar-refractivity contribution is -0.121. The van der Waals surface area contributed by atoms with E-state index in [4.69, 9.17) is 4.74 Å². The smallest absolute Gasteiger partial charge is 0.228 e. The van der Waals surface area contributed by atoms with Gasteiger partial charge in [-0.3, -0.25) is 9.69 Å². The Balaban J connectivity index is 1.31. The zero-order valence-corrected chi connectivity index (χ0v) is 16.5. The van der Waals surface area contributed by atoms with E-state index in [-0.39, 0.29) is 11.8 Å². The summed E-state index contributed by atoms with van der Waals surface area (Å²) in [6, 6.07) is 27.7. The van der Waals surface area contributed by atoms with Crippen molar-refractivity contribution in [2.24, 2.45) is 5.92 Å². The summed E-state index contributed by atoms with van der Waals surface area (Å²) in [5.74, 6) is 1.66. The summed E-state index contributed by atoms with van der Waals surface area (Å²) in [6.07, 6.45) is 1.99. The number of para-hydroxylation sites is 1. The van der Waals surface area contributed by atoms with Crippen LogP contribution in [0.3, 0.4) is 0 Å². The van der Waals surface area contributed by atoms with Gasteiger partial charge in [-0.25, -0.2) is 0 Å². The number of anilines is 1. The van der Waals surface area contributed by atoms with Crippen LogP contribution in [0.15, 0.2) is 84.9 Å². The molecule has 3 aromatic carbocycles. The number of benzene rings is 3. The lowest BCUT2D eigenvalue weighted by Crippen LogP contribution is -2.40. The Hall–Kier alpha value is -3.11. The standard InChI is InChI=1S/C25H26N2O2/c28-25(21-10-7-17-27(19-21)18-20-8-3-1-4-9-20)26-22-13-15-24(16-14-22)29-23-11-5-2-6-12-23/h1-6,8-9,11-16,21H,7,10,17-19H2,(H,26,28). The van der Waals surface area contributed by atoms with E-state index in [1.165, 1.54) is 5.56 Å². The van der Waals surface area contributed by atoms with E-state index >= 15 is 0 Å². The van der Waals surface area contributed by atoms with Crippen LogP contribution in [0, 0.1) is 5.92 Å². The molecule has 0 aliphatic carbocycles. The van der Waals surface area contributed by atoms with Crippen LogP contribution in [-0.2, 0) is 11.3 Å². The quantitative estimate of drug-likeness (QED) is 0.623. The summed E-state index contributed by atoms with van der Waals surface area (Å²) in [4.78, 5) is 15.1. The molecule has 29 heavy (non-hydrogen) atoms. The predicted octanol–water partition coefficient (Wildman–Crippen LogP) is 5.33. The van der Waals surface area contributed by atoms with Gasteiger partial charge in [0.25, 0.3) is 0 Å². The van der Waals surface area contributed by atoms with E-state index in [0.717, 1.165) is 49.7 Å². The topological polar surface area (TPSA) is 41.6 Å². The molecule has 0 bridgehead atoms. The summed E-state index contributed by atoms with van der Waals surface area (Å²) in [6.45, 7) is 2.75. The second-order valence-electron chi connectivity index (χ2n) is 7.49. The minimum Gasteiger partial charge on any atom is -0.457 e. The van der Waals surface area contributed by atoms with Gasteiger partial charge in [-0.15, -0.1) is 0 Å². The molecule has 1 heterocycles. The summed E-state index contributed by atoms with van der Waals surface area (Å²) >= 11 is 0. The Labute approximate surface area is 172 Å². The zero-order chi connectivity index (χ0) is 19.9. The van der Waals surface area contributed by atoms with Crippen molar-refractivity contribution in [1.29, 1.82) is 0 Å². The molecular weight excluding hydrogens is 360 g/mol. The monoisotopic (exact) mass is 386 g/mol. The molecule has 148 valence electrons. The third kappa shape index (κ3) is 5.46. The van der Waals surface area contributed by atoms with Gasteiger partial charge in [0.1, 0.15) is 11.5 Å². The number of nitrogens with zero attached hydrogens (tertiary/aromatic N) is 1. The van der Waals surface area contributed by atoms with Crippen molar-refractivity contribution in [3.8, 4) is 11.5 Å². The molecule has 0 radical (unpaired) electrons. The molecule has 4 heteroatoms. The third-order valence-electron chi connectivity index (χ3n) is 5.23. The Morgan fingerprint density at radius 2 is 1.55 bits per heavy atom. The number of ether oxygens (including phenoxy) is 1. The molecule has 1 amide bonds. The summed E-state index contributed by atoms with van der Waals surface area (Å²) in [5, 5.41) is 3.07. The van der Waals surface area contributed by atoms with E-state index in [1.807, 2.05) is 60.7 Å². The molecule has 0 spiro atoms. The normalized spacial score (nSPS) is 16.9. The molecule has 4 nitrogen and oxygen atoms in total. The second kappa shape index (κ2) is 9.39. The second-order valence-corrected chi connectivity index (χ2v) is 7.49. The fourth-order valence-corrected chi connectivity index (χ4v) is 3.73. The van der Waals surface area contributed by atoms with E-state index in [1.54, 1.807) is 0 Å². The molecular formula is C25H26N2O2. The van der Waals surface area contributed by atoms with Gasteiger partial charge in [0, 0.05) is 18.8 Å². The van der Waals surface area contributed by atoms with Crippen molar-refractivity contribution in [3.63, 3.8) is 0 Å². The Kier molecular flexibility index (Phi) is 6.22. The average molecular weight is 386 g/mol. The molecule has 1 atom stereocenters. The van der Waals surface area contributed by atoms with Gasteiger partial charge in [-0.1, -0.05) is 48.5 Å². The van der Waals surface area contributed by atoms with Gasteiger partial charge in [0.2, 0.25) is 5.91 Å². The lowest BCUT2D eigenvalue weighted by Gasteiger charge is -2.32. The first kappa shape index (κ1) is 19.2. The van der Waals surface area contributed by atoms with Crippen molar-refractivity contribution in [2.45, 2.75) is 19.4 Å². The lowest BCUT2D eigenvalue weighted by atomic mass is 9.96. The third-order valence-corrected chi connectivity index (χ3v) is 5.23. The fraction of sp³-hybridized carbons (Fsp3) is 0.240. The van der Waals surface area contributed by atoms with Crippen LogP contribution in [0.1, 0.15) is 18.4 Å². The van der Waals surface area contributed by atoms with Crippen LogP contribution in [0.2, 0.25) is 0 Å². The van der Waals surface area contributed by atoms with E-state index in [0.29, 0.717) is 0 Å². The van der Waals surface area contributed by atoms with Gasteiger partial charge in [0.15, 0.2) is 0 Å². The summed E-state index contributed by atoms with van der Waals surface area (Å²) in [5.41, 5.74) is 2.10. The number of amides is 1. The number of likely N-dealkylation sites (tertiary alicyclic amines) is 1. The number of hydrogen-bond donors (Lipinski definition) is 1. The maximum atomic E-state index is 12.8. The van der Waals surface area contributed by atoms with Crippen LogP contribution in [-0.4, -0.2) is 23.9 Å². The number of rotatable bonds is 6. The Bertz CT molecular complexity index is 911. The molecule has 1 fully saturated rings. The van der Waals surface area contributed by atoms with Crippen LogP contribution in [0.4, 0.5) is 5.69 Å². The van der Waals surface area contributed by atoms with Crippen molar-refractivity contribution in [3.05, 3.63) is 90.5 Å². The first-order chi connectivity index (χ1) is 14.3. The van der Waals surface area contributed by atoms with Crippen molar-refractivity contribution < 1.29 is 9.53 Å². The highest BCUT2D eigenvalue weighted by molar-refractivity contribution is 5.92. The highest BCUT2D eigenvalue weighted by atomic mass is 16.5. The predicted molar refractivity (Wildman–Crippen MR) is 116 cm³/mol. The molecule has 4 rings (SSSR count). The van der Waals surface area contributed by atoms with Crippen LogP contribution in [0.25, 0.3) is 0 Å². The minimum absolute atomic E-state index is 0.0210. The fourth-order valence-electron chi connectivity index (χ4n) is 3.73. The van der Waals surface area contributed by atoms with Gasteiger partial charge >= 0.3 is 0 Å². The molecule has 1 unspecified atom stereocenters. The Morgan fingerprint density at radius 1 is 0.897 bits per heavy atom. The maximum absolute atomic E-state index is 12.8. The maximum Gasteiger partial charge on any atom is 0.228 e. The van der Waals surface area contributed by atoms with Crippen molar-refractivity contribution in [1.82, 2.24) is 4.90 Å². The average Bonchev–Trinajstić information content (AvgIpc) is 2.77. The molecule has 3 aromatic rings. The van der Waals surface area contributed by atoms with Gasteiger partial charge < -0.3 is 10.1 Å². The SMILES string of the molecule is O=C(Nc1ccc(Oc2ccccc2)cc1)C1CCCN(Cc2ccccc2)C1. The first-order valence-corrected chi connectivity index (χ1v) is 10.2. The zero-order valence-electron chi connectivity index (χ0n) is 16.5. The Morgan fingerprint density at radius 3 is 2.28 bits per heavy atom. The number of hydrogen-bond acceptors (Lipinski definition) is 3. The highest BCUT2D eigenvalue weighted by Crippen LogP contribution is 2.24. The van der Waals surface area contributed by atoms with Gasteiger partial charge in [-0.2, -0.15) is 0 Å². The van der Waals surface area contributed by atoms with Crippen LogP contribution >= 0.6 is 0 Å². The molecule has 1 N–H and O–H groups in total. The van der Waals surface area contributed by atoms with E-state index in [9.17, 15) is 4.79 Å². The van der Waals surface area contributed by atoms with E-state index in [2.05, 4.69) is 34.5 Å². The summed E-state index contributed by atoms with van der Waals surface area (Å²) < 4.78 is 5.81. The molecule has 1 aliphatic rings. The number of carbonyl (C=O) groups is 1. The first-order valence-electron chi connectivity index (χ1n) is 10.2. The van der Waals surface area contributed by atoms with Gasteiger partial charge in [0.05, 0.1) is 5.92 Å². The van der Waals surface area contributed by atoms with Crippen molar-refractivity contribution in [2.75, 3.05) is 18.4 Å². The van der Waals surface area contributed by atoms with Crippen molar-refractivity contribution >= 4 is 11.6 Å². The molecule has 1 saturated heterocycles. The number of piperidine rings is 1. The minimum atomic E-state index is 0.0210. The summed E-state index contributed by atoms with van der Waals surface area (Å²) in [7, 11) is 0. The van der Waals surface area contributed by atoms with E-state index < -0.39 is 0 Å². The largest absolute Gasteiger partial charge is 0.457 e. The highest BCUT2D eigenvalue weighted by Gasteiger charge is 2.25. The number of carbonyl (C=O) groups excluding carboxylic acids is 1. The molecule has 0 aromatic heterocycles. The number of nitrogens with one attached hydrogen (secondary N) is 1. The van der Waals surface area contributed by atoms with Gasteiger partial charge in [-0.05, 0) is 61.3 Å². The molecule has 1 aliphatic heterocycles.